The molecule has 1 amide bonds. The fraction of sp³-hybridized carbons (Fsp3) is 0.529. The van der Waals surface area contributed by atoms with Crippen LogP contribution in [0.2, 0.25) is 0 Å². The van der Waals surface area contributed by atoms with Crippen LogP contribution in [-0.2, 0) is 11.3 Å². The molecule has 0 saturated carbocycles. The molecule has 3 aliphatic rings. The number of rotatable bonds is 3. The molecular weight excluding hydrogens is 320 g/mol. The molecule has 2 aromatic heterocycles. The standard InChI is InChI=1S/C17H22N6O2/c1-10-14(11(2)25-21-10)9-23-13-4-3-12(16(23)24)7-22(8-13)15-5-6-19-17(18)20-15/h5-6,12-13H,3-4,7-9H2,1-2H3,(H2,18,19,20)/t12-,13+/m1/s1. The lowest BCUT2D eigenvalue weighted by molar-refractivity contribution is -0.140. The van der Waals surface area contributed by atoms with Gasteiger partial charge < -0.3 is 20.1 Å². The Kier molecular flexibility index (Phi) is 3.82. The number of hydrogen-bond acceptors (Lipinski definition) is 7. The van der Waals surface area contributed by atoms with Crippen molar-refractivity contribution in [3.05, 3.63) is 29.3 Å². The van der Waals surface area contributed by atoms with E-state index in [0.717, 1.165) is 42.2 Å². The lowest BCUT2D eigenvalue weighted by Gasteiger charge is -2.35. The van der Waals surface area contributed by atoms with Gasteiger partial charge in [0.25, 0.3) is 0 Å². The number of aromatic nitrogens is 3. The van der Waals surface area contributed by atoms with Gasteiger partial charge in [0, 0.05) is 30.9 Å². The normalized spacial score (nSPS) is 23.2. The van der Waals surface area contributed by atoms with Crippen molar-refractivity contribution in [2.45, 2.75) is 39.3 Å². The van der Waals surface area contributed by atoms with Crippen LogP contribution >= 0.6 is 0 Å². The van der Waals surface area contributed by atoms with Crippen LogP contribution < -0.4 is 10.6 Å². The average Bonchev–Trinajstić information content (AvgIpc) is 2.78. The van der Waals surface area contributed by atoms with Gasteiger partial charge in [-0.15, -0.1) is 0 Å². The van der Waals surface area contributed by atoms with Gasteiger partial charge in [-0.3, -0.25) is 4.79 Å². The van der Waals surface area contributed by atoms with E-state index in [1.807, 2.05) is 24.8 Å². The molecule has 0 aromatic carbocycles. The molecule has 5 heterocycles. The molecule has 3 saturated heterocycles. The molecule has 3 fully saturated rings. The Hall–Kier alpha value is -2.64. The highest BCUT2D eigenvalue weighted by Gasteiger charge is 2.41. The van der Waals surface area contributed by atoms with Gasteiger partial charge in [-0.2, -0.15) is 4.98 Å². The average molecular weight is 342 g/mol. The van der Waals surface area contributed by atoms with Crippen LogP contribution in [0.15, 0.2) is 16.8 Å². The first kappa shape index (κ1) is 15.9. The third-order valence-corrected chi connectivity index (χ3v) is 5.29. The van der Waals surface area contributed by atoms with E-state index in [0.29, 0.717) is 13.1 Å². The molecule has 2 bridgehead atoms. The first-order chi connectivity index (χ1) is 12.0. The third-order valence-electron chi connectivity index (χ3n) is 5.29. The highest BCUT2D eigenvalue weighted by molar-refractivity contribution is 5.81. The van der Waals surface area contributed by atoms with E-state index in [2.05, 4.69) is 20.0 Å². The summed E-state index contributed by atoms with van der Waals surface area (Å²) < 4.78 is 5.26. The Morgan fingerprint density at radius 3 is 2.88 bits per heavy atom. The summed E-state index contributed by atoms with van der Waals surface area (Å²) in [6, 6.07) is 2.00. The minimum absolute atomic E-state index is 0.0181. The van der Waals surface area contributed by atoms with Gasteiger partial charge in [0.2, 0.25) is 11.9 Å². The molecule has 0 aliphatic carbocycles. The number of anilines is 2. The van der Waals surface area contributed by atoms with E-state index in [-0.39, 0.29) is 23.8 Å². The molecule has 0 spiro atoms. The van der Waals surface area contributed by atoms with Crippen molar-refractivity contribution in [3.63, 3.8) is 0 Å². The summed E-state index contributed by atoms with van der Waals surface area (Å²) in [7, 11) is 0. The second-order valence-corrected chi connectivity index (χ2v) is 6.87. The highest BCUT2D eigenvalue weighted by Crippen LogP contribution is 2.33. The van der Waals surface area contributed by atoms with Gasteiger partial charge in [-0.1, -0.05) is 5.16 Å². The van der Waals surface area contributed by atoms with Crippen LogP contribution in [0.1, 0.15) is 29.9 Å². The zero-order valence-corrected chi connectivity index (χ0v) is 14.5. The molecule has 2 aromatic rings. The van der Waals surface area contributed by atoms with Crippen molar-refractivity contribution < 1.29 is 9.32 Å². The molecule has 3 aliphatic heterocycles. The van der Waals surface area contributed by atoms with Gasteiger partial charge >= 0.3 is 0 Å². The summed E-state index contributed by atoms with van der Waals surface area (Å²) in [6.45, 7) is 5.79. The second kappa shape index (κ2) is 6.02. The SMILES string of the molecule is Cc1noc(C)c1CN1C(=O)[C@@H]2CC[C@H]1CN(c1ccnc(N)n1)C2. The van der Waals surface area contributed by atoms with Crippen molar-refractivity contribution in [2.75, 3.05) is 23.7 Å². The number of nitrogens with two attached hydrogens (primary N) is 1. The fourth-order valence-electron chi connectivity index (χ4n) is 3.87. The summed E-state index contributed by atoms with van der Waals surface area (Å²) in [5, 5.41) is 4.01. The van der Waals surface area contributed by atoms with Gasteiger partial charge in [-0.25, -0.2) is 4.98 Å². The molecule has 0 radical (unpaired) electrons. The lowest BCUT2D eigenvalue weighted by atomic mass is 9.93. The van der Waals surface area contributed by atoms with Crippen molar-refractivity contribution in [3.8, 4) is 0 Å². The van der Waals surface area contributed by atoms with Crippen molar-refractivity contribution in [1.82, 2.24) is 20.0 Å². The van der Waals surface area contributed by atoms with E-state index in [1.54, 1.807) is 6.20 Å². The first-order valence-electron chi connectivity index (χ1n) is 8.58. The van der Waals surface area contributed by atoms with E-state index in [9.17, 15) is 4.79 Å². The van der Waals surface area contributed by atoms with Crippen LogP contribution in [0.25, 0.3) is 0 Å². The maximum atomic E-state index is 13.0. The Morgan fingerprint density at radius 2 is 2.16 bits per heavy atom. The maximum Gasteiger partial charge on any atom is 0.228 e. The second-order valence-electron chi connectivity index (χ2n) is 6.87. The van der Waals surface area contributed by atoms with Crippen LogP contribution in [0.4, 0.5) is 11.8 Å². The highest BCUT2D eigenvalue weighted by atomic mass is 16.5. The van der Waals surface area contributed by atoms with Gasteiger partial charge in [0.15, 0.2) is 0 Å². The summed E-state index contributed by atoms with van der Waals surface area (Å²) in [5.74, 6) is 2.02. The Balaban J connectivity index is 1.61. The maximum absolute atomic E-state index is 13.0. The van der Waals surface area contributed by atoms with Gasteiger partial charge in [-0.05, 0) is 32.8 Å². The summed E-state index contributed by atoms with van der Waals surface area (Å²) in [5.41, 5.74) is 7.59. The molecule has 132 valence electrons. The lowest BCUT2D eigenvalue weighted by Crippen LogP contribution is -2.47. The van der Waals surface area contributed by atoms with Crippen LogP contribution in [0, 0.1) is 19.8 Å². The van der Waals surface area contributed by atoms with Crippen LogP contribution in [0.5, 0.6) is 0 Å². The van der Waals surface area contributed by atoms with E-state index in [1.165, 1.54) is 0 Å². The molecular formula is C17H22N6O2. The number of carbonyl (C=O) groups is 1. The monoisotopic (exact) mass is 342 g/mol. The molecule has 8 heteroatoms. The number of carbonyl (C=O) groups excluding carboxylic acids is 1. The van der Waals surface area contributed by atoms with Crippen molar-refractivity contribution >= 4 is 17.7 Å². The zero-order valence-electron chi connectivity index (χ0n) is 14.5. The van der Waals surface area contributed by atoms with Crippen molar-refractivity contribution in [1.29, 1.82) is 0 Å². The number of nitrogens with zero attached hydrogens (tertiary/aromatic N) is 5. The quantitative estimate of drug-likeness (QED) is 0.897. The Labute approximate surface area is 146 Å². The van der Waals surface area contributed by atoms with Gasteiger partial charge in [0.05, 0.1) is 18.2 Å². The summed E-state index contributed by atoms with van der Waals surface area (Å²) in [6.07, 6.45) is 3.57. The zero-order chi connectivity index (χ0) is 17.6. The summed E-state index contributed by atoms with van der Waals surface area (Å²) >= 11 is 0. The number of aryl methyl sites for hydroxylation is 2. The topological polar surface area (TPSA) is 101 Å². The largest absolute Gasteiger partial charge is 0.368 e. The smallest absolute Gasteiger partial charge is 0.228 e. The summed E-state index contributed by atoms with van der Waals surface area (Å²) in [4.78, 5) is 25.4. The molecule has 0 unspecified atom stereocenters. The Morgan fingerprint density at radius 1 is 1.32 bits per heavy atom. The predicted molar refractivity (Wildman–Crippen MR) is 91.7 cm³/mol. The van der Waals surface area contributed by atoms with E-state index in [4.69, 9.17) is 10.3 Å². The first-order valence-corrected chi connectivity index (χ1v) is 8.58. The van der Waals surface area contributed by atoms with E-state index < -0.39 is 0 Å². The Bertz CT molecular complexity index is 785. The van der Waals surface area contributed by atoms with Crippen LogP contribution in [-0.4, -0.2) is 45.1 Å². The van der Waals surface area contributed by atoms with Crippen molar-refractivity contribution in [2.24, 2.45) is 5.92 Å². The fourth-order valence-corrected chi connectivity index (χ4v) is 3.87. The minimum atomic E-state index is -0.0181. The molecule has 2 atom stereocenters. The van der Waals surface area contributed by atoms with Gasteiger partial charge in [0.1, 0.15) is 11.6 Å². The van der Waals surface area contributed by atoms with E-state index >= 15 is 0 Å². The molecule has 5 rings (SSSR count). The number of amides is 1. The molecule has 8 nitrogen and oxygen atoms in total. The predicted octanol–water partition coefficient (Wildman–Crippen LogP) is 1.29. The number of nitrogen functional groups attached to an aromatic ring is 1. The molecule has 25 heavy (non-hydrogen) atoms. The number of hydrogen-bond donors (Lipinski definition) is 1. The number of fused-ring (bicyclic) bond motifs is 4. The minimum Gasteiger partial charge on any atom is -0.368 e. The number of piperidine rings is 1. The van der Waals surface area contributed by atoms with Crippen LogP contribution in [0.3, 0.4) is 0 Å². The third kappa shape index (κ3) is 2.81. The molecule has 2 N–H and O–H groups in total.